The van der Waals surface area contributed by atoms with Crippen LogP contribution in [0.1, 0.15) is 12.0 Å². The van der Waals surface area contributed by atoms with E-state index in [-0.39, 0.29) is 0 Å². The molecule has 0 aliphatic rings. The van der Waals surface area contributed by atoms with E-state index in [1.54, 1.807) is 0 Å². The molecular weight excluding hydrogens is 203 g/mol. The molecule has 0 radical (unpaired) electrons. The van der Waals surface area contributed by atoms with Gasteiger partial charge in [-0.05, 0) is 39.6 Å². The lowest BCUT2D eigenvalue weighted by molar-refractivity contribution is 0.318. The summed E-state index contributed by atoms with van der Waals surface area (Å²) in [7, 11) is 0.516. The summed E-state index contributed by atoms with van der Waals surface area (Å²) in [5.74, 6) is 0.948. The monoisotopic (exact) mass is 216 g/mol. The van der Waals surface area contributed by atoms with Crippen LogP contribution in [0.3, 0.4) is 0 Å². The van der Waals surface area contributed by atoms with Crippen LogP contribution in [0.25, 0.3) is 0 Å². The van der Waals surface area contributed by atoms with Crippen molar-refractivity contribution in [2.75, 3.05) is 12.8 Å². The summed E-state index contributed by atoms with van der Waals surface area (Å²) in [6.45, 7) is 2.83. The normalized spacial score (nSPS) is 10.9. The van der Waals surface area contributed by atoms with Crippen molar-refractivity contribution in [3.63, 3.8) is 0 Å². The highest BCUT2D eigenvalue weighted by molar-refractivity contribution is 7.68. The molecule has 72 valence electrons. The van der Waals surface area contributed by atoms with E-state index >= 15 is 0 Å². The third-order valence-electron chi connectivity index (χ3n) is 1.71. The molecule has 1 aromatic rings. The van der Waals surface area contributed by atoms with Gasteiger partial charge in [0.25, 0.3) is 0 Å². The molecule has 3 heteroatoms. The summed E-state index contributed by atoms with van der Waals surface area (Å²) < 4.78 is 5.51. The van der Waals surface area contributed by atoms with Gasteiger partial charge in [0.05, 0.1) is 6.61 Å². The molecule has 0 bridgehead atoms. The zero-order valence-electron chi connectivity index (χ0n) is 7.72. The maximum Gasteiger partial charge on any atom is 0.119 e. The Balaban J connectivity index is 2.25. The standard InChI is InChI=1S/C10H14ClOP/c1-9-3-5-10(6-4-9)12-7-2-8-13-11/h3-6,13H,2,7-8H2,1H3. The Kier molecular flexibility index (Phi) is 5.19. The molecular formula is C10H14ClOP. The minimum absolute atomic E-state index is 0.516. The fourth-order valence-corrected chi connectivity index (χ4v) is 1.64. The Hall–Kier alpha value is -0.260. The Labute approximate surface area is 86.0 Å². The van der Waals surface area contributed by atoms with Crippen LogP contribution in [-0.4, -0.2) is 12.8 Å². The molecule has 0 saturated carbocycles. The van der Waals surface area contributed by atoms with Crippen LogP contribution in [0.4, 0.5) is 0 Å². The Morgan fingerprint density at radius 2 is 2.00 bits per heavy atom. The summed E-state index contributed by atoms with van der Waals surface area (Å²) in [5, 5.41) is 0. The number of ether oxygens (including phenoxy) is 1. The first kappa shape index (κ1) is 10.8. The average molecular weight is 217 g/mol. The van der Waals surface area contributed by atoms with Crippen LogP contribution in [-0.2, 0) is 0 Å². The molecule has 0 amide bonds. The molecule has 0 aromatic heterocycles. The largest absolute Gasteiger partial charge is 0.494 e. The fraction of sp³-hybridized carbons (Fsp3) is 0.400. The number of rotatable bonds is 5. The van der Waals surface area contributed by atoms with Crippen LogP contribution in [0.2, 0.25) is 0 Å². The quantitative estimate of drug-likeness (QED) is 0.540. The summed E-state index contributed by atoms with van der Waals surface area (Å²) in [5.41, 5.74) is 1.26. The smallest absolute Gasteiger partial charge is 0.119 e. The van der Waals surface area contributed by atoms with Gasteiger partial charge < -0.3 is 4.74 Å². The highest BCUT2D eigenvalue weighted by atomic mass is 35.7. The van der Waals surface area contributed by atoms with Gasteiger partial charge in [-0.1, -0.05) is 17.7 Å². The van der Waals surface area contributed by atoms with Crippen LogP contribution >= 0.6 is 19.2 Å². The third-order valence-corrected chi connectivity index (χ3v) is 2.81. The van der Waals surface area contributed by atoms with Gasteiger partial charge in [-0.2, -0.15) is 0 Å². The topological polar surface area (TPSA) is 9.23 Å². The van der Waals surface area contributed by atoms with Gasteiger partial charge in [0.2, 0.25) is 0 Å². The van der Waals surface area contributed by atoms with Crippen molar-refractivity contribution in [1.29, 1.82) is 0 Å². The molecule has 1 atom stereocenters. The Morgan fingerprint density at radius 3 is 2.62 bits per heavy atom. The van der Waals surface area contributed by atoms with E-state index < -0.39 is 0 Å². The lowest BCUT2D eigenvalue weighted by atomic mass is 10.2. The second-order valence-electron chi connectivity index (χ2n) is 2.90. The van der Waals surface area contributed by atoms with Gasteiger partial charge in [-0.15, -0.1) is 11.2 Å². The number of benzene rings is 1. The van der Waals surface area contributed by atoms with E-state index in [4.69, 9.17) is 16.0 Å². The highest BCUT2D eigenvalue weighted by Gasteiger charge is 1.92. The molecule has 0 heterocycles. The Bertz CT molecular complexity index is 235. The van der Waals surface area contributed by atoms with E-state index in [9.17, 15) is 0 Å². The van der Waals surface area contributed by atoms with Crippen LogP contribution in [0.5, 0.6) is 5.75 Å². The summed E-state index contributed by atoms with van der Waals surface area (Å²) in [6, 6.07) is 8.11. The summed E-state index contributed by atoms with van der Waals surface area (Å²) in [6.07, 6.45) is 2.09. The number of halogens is 1. The molecule has 0 fully saturated rings. The predicted octanol–water partition coefficient (Wildman–Crippen LogP) is 3.60. The van der Waals surface area contributed by atoms with E-state index in [1.165, 1.54) is 5.56 Å². The van der Waals surface area contributed by atoms with Crippen LogP contribution in [0, 0.1) is 6.92 Å². The first-order valence-electron chi connectivity index (χ1n) is 4.36. The highest BCUT2D eigenvalue weighted by Crippen LogP contribution is 2.17. The minimum atomic E-state index is 0.516. The molecule has 0 saturated heterocycles. The number of hydrogen-bond acceptors (Lipinski definition) is 1. The van der Waals surface area contributed by atoms with Crippen molar-refractivity contribution in [2.24, 2.45) is 0 Å². The van der Waals surface area contributed by atoms with E-state index in [1.807, 2.05) is 12.1 Å². The van der Waals surface area contributed by atoms with Crippen molar-refractivity contribution in [1.82, 2.24) is 0 Å². The average Bonchev–Trinajstić information content (AvgIpc) is 2.15. The summed E-state index contributed by atoms with van der Waals surface area (Å²) in [4.78, 5) is 0. The molecule has 0 aliphatic heterocycles. The fourth-order valence-electron chi connectivity index (χ4n) is 0.963. The first-order chi connectivity index (χ1) is 6.33. The second kappa shape index (κ2) is 6.23. The van der Waals surface area contributed by atoms with E-state index in [2.05, 4.69) is 19.1 Å². The zero-order chi connectivity index (χ0) is 9.52. The van der Waals surface area contributed by atoms with Crippen molar-refractivity contribution >= 4 is 19.2 Å². The number of aryl methyl sites for hydroxylation is 1. The molecule has 0 spiro atoms. The van der Waals surface area contributed by atoms with Crippen LogP contribution in [0.15, 0.2) is 24.3 Å². The molecule has 1 aromatic carbocycles. The SMILES string of the molecule is Cc1ccc(OCCCPCl)cc1. The molecule has 0 aliphatic carbocycles. The van der Waals surface area contributed by atoms with Gasteiger partial charge in [0.1, 0.15) is 5.75 Å². The van der Waals surface area contributed by atoms with Gasteiger partial charge >= 0.3 is 0 Å². The zero-order valence-corrected chi connectivity index (χ0v) is 9.47. The van der Waals surface area contributed by atoms with E-state index in [0.29, 0.717) is 7.93 Å². The molecule has 13 heavy (non-hydrogen) atoms. The van der Waals surface area contributed by atoms with Gasteiger partial charge in [-0.3, -0.25) is 0 Å². The molecule has 1 nitrogen and oxygen atoms in total. The van der Waals surface area contributed by atoms with Gasteiger partial charge in [-0.25, -0.2) is 0 Å². The number of hydrogen-bond donors (Lipinski definition) is 0. The predicted molar refractivity (Wildman–Crippen MR) is 60.3 cm³/mol. The minimum Gasteiger partial charge on any atom is -0.494 e. The summed E-state index contributed by atoms with van der Waals surface area (Å²) >= 11 is 5.58. The van der Waals surface area contributed by atoms with Crippen molar-refractivity contribution < 1.29 is 4.74 Å². The van der Waals surface area contributed by atoms with Gasteiger partial charge in [0.15, 0.2) is 0 Å². The molecule has 1 rings (SSSR count). The van der Waals surface area contributed by atoms with Gasteiger partial charge in [0, 0.05) is 0 Å². The molecule has 1 unspecified atom stereocenters. The molecule has 0 N–H and O–H groups in total. The maximum absolute atomic E-state index is 5.58. The second-order valence-corrected chi connectivity index (χ2v) is 4.47. The lowest BCUT2D eigenvalue weighted by Crippen LogP contribution is -1.97. The first-order valence-corrected chi connectivity index (χ1v) is 6.58. The lowest BCUT2D eigenvalue weighted by Gasteiger charge is -2.04. The van der Waals surface area contributed by atoms with Crippen LogP contribution < -0.4 is 4.74 Å². The third kappa shape index (κ3) is 4.50. The van der Waals surface area contributed by atoms with Crippen molar-refractivity contribution in [2.45, 2.75) is 13.3 Å². The van der Waals surface area contributed by atoms with Crippen molar-refractivity contribution in [3.05, 3.63) is 29.8 Å². The Morgan fingerprint density at radius 1 is 1.31 bits per heavy atom. The van der Waals surface area contributed by atoms with Crippen molar-refractivity contribution in [3.8, 4) is 5.75 Å². The maximum atomic E-state index is 5.58. The van der Waals surface area contributed by atoms with E-state index in [0.717, 1.165) is 24.9 Å².